The summed E-state index contributed by atoms with van der Waals surface area (Å²) in [5.41, 5.74) is 0. The summed E-state index contributed by atoms with van der Waals surface area (Å²) in [5, 5.41) is 3.44. The lowest BCUT2D eigenvalue weighted by Gasteiger charge is -2.23. The Morgan fingerprint density at radius 2 is 2.21 bits per heavy atom. The second-order valence-electron chi connectivity index (χ2n) is 3.35. The van der Waals surface area contributed by atoms with Crippen LogP contribution in [0.5, 0.6) is 0 Å². The van der Waals surface area contributed by atoms with Gasteiger partial charge in [0.15, 0.2) is 0 Å². The average molecular weight is 209 g/mol. The minimum Gasteiger partial charge on any atom is -0.378 e. The number of benzene rings is 1. The van der Waals surface area contributed by atoms with Crippen LogP contribution in [0.25, 0.3) is 0 Å². The summed E-state index contributed by atoms with van der Waals surface area (Å²) in [6.07, 6.45) is 0. The van der Waals surface area contributed by atoms with Crippen molar-refractivity contribution in [1.82, 2.24) is 5.32 Å². The van der Waals surface area contributed by atoms with E-state index < -0.39 is 0 Å². The summed E-state index contributed by atoms with van der Waals surface area (Å²) >= 11 is 1.88. The molecule has 2 nitrogen and oxygen atoms in total. The van der Waals surface area contributed by atoms with Crippen LogP contribution in [-0.4, -0.2) is 31.6 Å². The molecule has 1 aromatic carbocycles. The summed E-state index contributed by atoms with van der Waals surface area (Å²) < 4.78 is 5.39. The molecule has 0 radical (unpaired) electrons. The minimum atomic E-state index is 0.508. The first kappa shape index (κ1) is 10.0. The van der Waals surface area contributed by atoms with Gasteiger partial charge in [-0.1, -0.05) is 18.2 Å². The smallest absolute Gasteiger partial charge is 0.0628 e. The van der Waals surface area contributed by atoms with Gasteiger partial charge in [-0.15, -0.1) is 11.8 Å². The van der Waals surface area contributed by atoms with Gasteiger partial charge in [0.05, 0.1) is 13.2 Å². The van der Waals surface area contributed by atoms with E-state index >= 15 is 0 Å². The SMILES string of the molecule is c1ccc(SCC2COCCN2)cc1. The van der Waals surface area contributed by atoms with Crippen molar-refractivity contribution in [3.05, 3.63) is 30.3 Å². The van der Waals surface area contributed by atoms with E-state index in [1.54, 1.807) is 0 Å². The first-order valence-electron chi connectivity index (χ1n) is 4.94. The Bertz CT molecular complexity index is 259. The minimum absolute atomic E-state index is 0.508. The molecular weight excluding hydrogens is 194 g/mol. The number of ether oxygens (including phenoxy) is 1. The lowest BCUT2D eigenvalue weighted by molar-refractivity contribution is 0.0837. The molecule has 3 heteroatoms. The highest BCUT2D eigenvalue weighted by Gasteiger charge is 2.12. The molecule has 0 spiro atoms. The Hall–Kier alpha value is -0.510. The Kier molecular flexibility index (Phi) is 3.86. The molecule has 1 aliphatic rings. The van der Waals surface area contributed by atoms with Crippen molar-refractivity contribution in [3.63, 3.8) is 0 Å². The summed E-state index contributed by atoms with van der Waals surface area (Å²) in [4.78, 5) is 1.33. The Morgan fingerprint density at radius 3 is 2.93 bits per heavy atom. The Balaban J connectivity index is 1.76. The van der Waals surface area contributed by atoms with Gasteiger partial charge in [0.1, 0.15) is 0 Å². The van der Waals surface area contributed by atoms with E-state index in [9.17, 15) is 0 Å². The standard InChI is InChI=1S/C11H15NOS/c1-2-4-11(5-3-1)14-9-10-8-13-7-6-12-10/h1-5,10,12H,6-9H2. The Labute approximate surface area is 89.0 Å². The van der Waals surface area contributed by atoms with Crippen molar-refractivity contribution < 1.29 is 4.74 Å². The number of morpholine rings is 1. The molecule has 1 fully saturated rings. The third-order valence-electron chi connectivity index (χ3n) is 2.19. The first-order valence-corrected chi connectivity index (χ1v) is 5.93. The molecule has 1 aromatic rings. The van der Waals surface area contributed by atoms with Crippen molar-refractivity contribution in [3.8, 4) is 0 Å². The van der Waals surface area contributed by atoms with Gasteiger partial charge in [-0.2, -0.15) is 0 Å². The fourth-order valence-corrected chi connectivity index (χ4v) is 2.40. The van der Waals surface area contributed by atoms with Crippen molar-refractivity contribution in [1.29, 1.82) is 0 Å². The molecule has 1 aliphatic heterocycles. The highest BCUT2D eigenvalue weighted by Crippen LogP contribution is 2.18. The maximum Gasteiger partial charge on any atom is 0.0628 e. The highest BCUT2D eigenvalue weighted by atomic mass is 32.2. The molecule has 0 aliphatic carbocycles. The zero-order chi connectivity index (χ0) is 9.64. The topological polar surface area (TPSA) is 21.3 Å². The normalized spacial score (nSPS) is 22.1. The summed E-state index contributed by atoms with van der Waals surface area (Å²) in [7, 11) is 0. The third kappa shape index (κ3) is 3.01. The zero-order valence-electron chi connectivity index (χ0n) is 8.11. The van der Waals surface area contributed by atoms with Gasteiger partial charge in [-0.25, -0.2) is 0 Å². The second-order valence-corrected chi connectivity index (χ2v) is 4.44. The molecule has 1 heterocycles. The molecule has 1 N–H and O–H groups in total. The second kappa shape index (κ2) is 5.39. The van der Waals surface area contributed by atoms with E-state index in [2.05, 4.69) is 29.6 Å². The van der Waals surface area contributed by atoms with Gasteiger partial charge in [0, 0.05) is 23.2 Å². The van der Waals surface area contributed by atoms with Crippen molar-refractivity contribution >= 4 is 11.8 Å². The van der Waals surface area contributed by atoms with Gasteiger partial charge in [0.25, 0.3) is 0 Å². The van der Waals surface area contributed by atoms with Gasteiger partial charge >= 0.3 is 0 Å². The maximum atomic E-state index is 5.39. The van der Waals surface area contributed by atoms with E-state index in [1.165, 1.54) is 4.90 Å². The predicted octanol–water partition coefficient (Wildman–Crippen LogP) is 1.77. The molecule has 0 amide bonds. The van der Waals surface area contributed by atoms with E-state index in [0.717, 1.165) is 25.5 Å². The summed E-state index contributed by atoms with van der Waals surface area (Å²) in [6, 6.07) is 11.0. The molecule has 2 rings (SSSR count). The van der Waals surface area contributed by atoms with Crippen LogP contribution in [-0.2, 0) is 4.74 Å². The van der Waals surface area contributed by atoms with E-state index in [0.29, 0.717) is 6.04 Å². The van der Waals surface area contributed by atoms with Crippen LogP contribution in [0.1, 0.15) is 0 Å². The maximum absolute atomic E-state index is 5.39. The van der Waals surface area contributed by atoms with Crippen LogP contribution in [0.4, 0.5) is 0 Å². The lowest BCUT2D eigenvalue weighted by Crippen LogP contribution is -2.42. The molecule has 1 atom stereocenters. The number of thioether (sulfide) groups is 1. The van der Waals surface area contributed by atoms with Crippen LogP contribution < -0.4 is 5.32 Å². The summed E-state index contributed by atoms with van der Waals surface area (Å²) in [6.45, 7) is 2.69. The average Bonchev–Trinajstić information content (AvgIpc) is 2.29. The van der Waals surface area contributed by atoms with Crippen LogP contribution in [0.3, 0.4) is 0 Å². The molecular formula is C11H15NOS. The first-order chi connectivity index (χ1) is 6.95. The van der Waals surface area contributed by atoms with Gasteiger partial charge in [-0.05, 0) is 12.1 Å². The lowest BCUT2D eigenvalue weighted by atomic mass is 10.3. The predicted molar refractivity (Wildman–Crippen MR) is 59.8 cm³/mol. The van der Waals surface area contributed by atoms with Crippen molar-refractivity contribution in [2.45, 2.75) is 10.9 Å². The number of rotatable bonds is 3. The van der Waals surface area contributed by atoms with E-state index in [4.69, 9.17) is 4.74 Å². The molecule has 76 valence electrons. The fraction of sp³-hybridized carbons (Fsp3) is 0.455. The van der Waals surface area contributed by atoms with Crippen LogP contribution >= 0.6 is 11.8 Å². The fourth-order valence-electron chi connectivity index (χ4n) is 1.44. The van der Waals surface area contributed by atoms with E-state index in [1.807, 2.05) is 17.8 Å². The van der Waals surface area contributed by atoms with Crippen LogP contribution in [0, 0.1) is 0 Å². The third-order valence-corrected chi connectivity index (χ3v) is 3.37. The highest BCUT2D eigenvalue weighted by molar-refractivity contribution is 7.99. The molecule has 14 heavy (non-hydrogen) atoms. The monoisotopic (exact) mass is 209 g/mol. The molecule has 0 aromatic heterocycles. The number of hydrogen-bond acceptors (Lipinski definition) is 3. The van der Waals surface area contributed by atoms with E-state index in [-0.39, 0.29) is 0 Å². The largest absolute Gasteiger partial charge is 0.378 e. The Morgan fingerprint density at radius 1 is 1.36 bits per heavy atom. The van der Waals surface area contributed by atoms with Crippen LogP contribution in [0.2, 0.25) is 0 Å². The van der Waals surface area contributed by atoms with Gasteiger partial charge in [0.2, 0.25) is 0 Å². The van der Waals surface area contributed by atoms with Crippen molar-refractivity contribution in [2.75, 3.05) is 25.5 Å². The molecule has 1 unspecified atom stereocenters. The molecule has 1 saturated heterocycles. The quantitative estimate of drug-likeness (QED) is 0.767. The number of hydrogen-bond donors (Lipinski definition) is 1. The molecule has 0 saturated carbocycles. The molecule has 0 bridgehead atoms. The van der Waals surface area contributed by atoms with Crippen molar-refractivity contribution in [2.24, 2.45) is 0 Å². The van der Waals surface area contributed by atoms with Crippen LogP contribution in [0.15, 0.2) is 35.2 Å². The van der Waals surface area contributed by atoms with Gasteiger partial charge in [-0.3, -0.25) is 0 Å². The summed E-state index contributed by atoms with van der Waals surface area (Å²) in [5.74, 6) is 1.09. The zero-order valence-corrected chi connectivity index (χ0v) is 8.93. The number of nitrogens with one attached hydrogen (secondary N) is 1. The van der Waals surface area contributed by atoms with Gasteiger partial charge < -0.3 is 10.1 Å².